The highest BCUT2D eigenvalue weighted by Crippen LogP contribution is 2.55. The first-order valence-electron chi connectivity index (χ1n) is 8.18. The minimum absolute atomic E-state index is 0.0498. The van der Waals surface area contributed by atoms with E-state index in [-0.39, 0.29) is 17.6 Å². The van der Waals surface area contributed by atoms with Crippen LogP contribution in [0.4, 0.5) is 4.79 Å². The summed E-state index contributed by atoms with van der Waals surface area (Å²) < 4.78 is 10.4. The second-order valence-corrected chi connectivity index (χ2v) is 7.42. The molecule has 5 heteroatoms. The zero-order valence-electron chi connectivity index (χ0n) is 13.4. The van der Waals surface area contributed by atoms with Gasteiger partial charge in [-0.15, -0.1) is 0 Å². The van der Waals surface area contributed by atoms with Crippen LogP contribution in [0.5, 0.6) is 0 Å². The van der Waals surface area contributed by atoms with Gasteiger partial charge < -0.3 is 20.1 Å². The van der Waals surface area contributed by atoms with Crippen molar-refractivity contribution in [1.82, 2.24) is 10.6 Å². The van der Waals surface area contributed by atoms with Crippen LogP contribution in [0.1, 0.15) is 45.4 Å². The highest BCUT2D eigenvalue weighted by molar-refractivity contribution is 5.75. The van der Waals surface area contributed by atoms with Gasteiger partial charge in [0.1, 0.15) is 0 Å². The standard InChI is InChI=1S/C16H28N2O3/c1-10(14(20-2)21-3)17-15(19)18-16-7-11-4-12(8-16)6-13(5-11)9-16/h10-14H,4-9H2,1-3H3,(H2,17,18,19). The van der Waals surface area contributed by atoms with Crippen molar-refractivity contribution >= 4 is 6.03 Å². The van der Waals surface area contributed by atoms with Gasteiger partial charge in [0, 0.05) is 19.8 Å². The van der Waals surface area contributed by atoms with Crippen LogP contribution >= 0.6 is 0 Å². The molecule has 4 rings (SSSR count). The Morgan fingerprint density at radius 3 is 1.95 bits per heavy atom. The summed E-state index contributed by atoms with van der Waals surface area (Å²) in [5.74, 6) is 2.50. The van der Waals surface area contributed by atoms with E-state index in [1.807, 2.05) is 6.92 Å². The number of ether oxygens (including phenoxy) is 2. The smallest absolute Gasteiger partial charge is 0.315 e. The molecule has 0 aromatic heterocycles. The Labute approximate surface area is 127 Å². The molecule has 0 aromatic carbocycles. The number of methoxy groups -OCH3 is 2. The molecule has 2 amide bonds. The van der Waals surface area contributed by atoms with Crippen molar-refractivity contribution < 1.29 is 14.3 Å². The maximum atomic E-state index is 12.3. The lowest BCUT2D eigenvalue weighted by molar-refractivity contribution is -0.117. The van der Waals surface area contributed by atoms with E-state index in [4.69, 9.17) is 9.47 Å². The Hall–Kier alpha value is -0.810. The molecule has 0 heterocycles. The first-order valence-corrected chi connectivity index (χ1v) is 8.18. The lowest BCUT2D eigenvalue weighted by atomic mass is 9.53. The fourth-order valence-corrected chi connectivity index (χ4v) is 5.32. The van der Waals surface area contributed by atoms with Gasteiger partial charge in [-0.2, -0.15) is 0 Å². The van der Waals surface area contributed by atoms with Gasteiger partial charge in [-0.3, -0.25) is 0 Å². The van der Waals surface area contributed by atoms with E-state index in [2.05, 4.69) is 10.6 Å². The maximum absolute atomic E-state index is 12.3. The second-order valence-electron chi connectivity index (χ2n) is 7.42. The molecule has 4 bridgehead atoms. The highest BCUT2D eigenvalue weighted by Gasteiger charge is 2.51. The Bertz CT molecular complexity index is 360. The van der Waals surface area contributed by atoms with E-state index >= 15 is 0 Å². The summed E-state index contributed by atoms with van der Waals surface area (Å²) in [7, 11) is 3.17. The summed E-state index contributed by atoms with van der Waals surface area (Å²) in [5, 5.41) is 6.25. The summed E-state index contributed by atoms with van der Waals surface area (Å²) in [6.07, 6.45) is 7.24. The molecule has 4 fully saturated rings. The molecule has 1 unspecified atom stereocenters. The average molecular weight is 296 g/mol. The third-order valence-electron chi connectivity index (χ3n) is 5.65. The number of hydrogen-bond donors (Lipinski definition) is 2. The predicted molar refractivity (Wildman–Crippen MR) is 79.8 cm³/mol. The zero-order valence-corrected chi connectivity index (χ0v) is 13.4. The number of amides is 2. The molecule has 21 heavy (non-hydrogen) atoms. The van der Waals surface area contributed by atoms with Crippen molar-refractivity contribution in [3.05, 3.63) is 0 Å². The van der Waals surface area contributed by atoms with Gasteiger partial charge >= 0.3 is 6.03 Å². The number of rotatable bonds is 5. The van der Waals surface area contributed by atoms with E-state index < -0.39 is 6.29 Å². The topological polar surface area (TPSA) is 59.6 Å². The Kier molecular flexibility index (Phi) is 4.14. The predicted octanol–water partition coefficient (Wildman–Crippen LogP) is 2.26. The molecule has 4 aliphatic rings. The minimum Gasteiger partial charge on any atom is -0.354 e. The first-order chi connectivity index (χ1) is 10.0. The minimum atomic E-state index is -0.410. The SMILES string of the molecule is COC(OC)C(C)NC(=O)NC12CC3CC(CC(C3)C1)C2. The Morgan fingerprint density at radius 2 is 1.52 bits per heavy atom. The monoisotopic (exact) mass is 296 g/mol. The van der Waals surface area contributed by atoms with E-state index in [1.54, 1.807) is 14.2 Å². The highest BCUT2D eigenvalue weighted by atomic mass is 16.7. The first kappa shape index (κ1) is 15.1. The van der Waals surface area contributed by atoms with Gasteiger partial charge in [-0.1, -0.05) is 0 Å². The van der Waals surface area contributed by atoms with Gasteiger partial charge in [-0.05, 0) is 63.2 Å². The maximum Gasteiger partial charge on any atom is 0.315 e. The van der Waals surface area contributed by atoms with Crippen LogP contribution in [0.15, 0.2) is 0 Å². The van der Waals surface area contributed by atoms with E-state index in [9.17, 15) is 4.79 Å². The average Bonchev–Trinajstić information content (AvgIpc) is 2.37. The molecule has 0 aromatic rings. The van der Waals surface area contributed by atoms with Crippen molar-refractivity contribution in [2.75, 3.05) is 14.2 Å². The summed E-state index contributed by atoms with van der Waals surface area (Å²) >= 11 is 0. The second kappa shape index (κ2) is 5.76. The molecule has 4 aliphatic carbocycles. The molecule has 1 atom stereocenters. The Balaban J connectivity index is 1.57. The van der Waals surface area contributed by atoms with E-state index in [1.165, 1.54) is 38.5 Å². The van der Waals surface area contributed by atoms with Crippen LogP contribution in [0, 0.1) is 17.8 Å². The quantitative estimate of drug-likeness (QED) is 0.765. The molecule has 0 saturated heterocycles. The molecular formula is C16H28N2O3. The number of hydrogen-bond acceptors (Lipinski definition) is 3. The fraction of sp³-hybridized carbons (Fsp3) is 0.938. The number of nitrogens with one attached hydrogen (secondary N) is 2. The van der Waals surface area contributed by atoms with Crippen LogP contribution in [0.2, 0.25) is 0 Å². The van der Waals surface area contributed by atoms with E-state index in [0.717, 1.165) is 17.8 Å². The van der Waals surface area contributed by atoms with Crippen molar-refractivity contribution in [3.63, 3.8) is 0 Å². The van der Waals surface area contributed by atoms with Crippen molar-refractivity contribution in [2.24, 2.45) is 17.8 Å². The molecule has 4 saturated carbocycles. The molecular weight excluding hydrogens is 268 g/mol. The van der Waals surface area contributed by atoms with Gasteiger partial charge in [-0.25, -0.2) is 4.79 Å². The third kappa shape index (κ3) is 3.04. The van der Waals surface area contributed by atoms with Gasteiger partial charge in [0.2, 0.25) is 0 Å². The third-order valence-corrected chi connectivity index (χ3v) is 5.65. The lowest BCUT2D eigenvalue weighted by Gasteiger charge is -2.56. The summed E-state index contributed by atoms with van der Waals surface area (Å²) in [4.78, 5) is 12.3. The largest absolute Gasteiger partial charge is 0.354 e. The summed E-state index contributed by atoms with van der Waals surface area (Å²) in [6, 6.07) is -0.252. The van der Waals surface area contributed by atoms with Crippen LogP contribution < -0.4 is 10.6 Å². The molecule has 120 valence electrons. The fourth-order valence-electron chi connectivity index (χ4n) is 5.32. The van der Waals surface area contributed by atoms with Crippen LogP contribution in [-0.4, -0.2) is 38.1 Å². The van der Waals surface area contributed by atoms with E-state index in [0.29, 0.717) is 0 Å². The number of carbonyl (C=O) groups excluding carboxylic acids is 1. The van der Waals surface area contributed by atoms with Crippen molar-refractivity contribution in [2.45, 2.75) is 63.3 Å². The summed E-state index contributed by atoms with van der Waals surface area (Å²) in [6.45, 7) is 1.90. The molecule has 5 nitrogen and oxygen atoms in total. The van der Waals surface area contributed by atoms with Crippen LogP contribution in [0.25, 0.3) is 0 Å². The lowest BCUT2D eigenvalue weighted by Crippen LogP contribution is -2.62. The number of urea groups is 1. The van der Waals surface area contributed by atoms with Crippen molar-refractivity contribution in [3.8, 4) is 0 Å². The van der Waals surface area contributed by atoms with Gasteiger partial charge in [0.05, 0.1) is 6.04 Å². The molecule has 2 N–H and O–H groups in total. The number of carbonyl (C=O) groups is 1. The normalized spacial score (nSPS) is 38.6. The summed E-state index contributed by atoms with van der Waals surface area (Å²) in [5.41, 5.74) is 0.0498. The molecule has 0 radical (unpaired) electrons. The Morgan fingerprint density at radius 1 is 1.05 bits per heavy atom. The zero-order chi connectivity index (χ0) is 15.0. The van der Waals surface area contributed by atoms with Gasteiger partial charge in [0.25, 0.3) is 0 Å². The van der Waals surface area contributed by atoms with Gasteiger partial charge in [0.15, 0.2) is 6.29 Å². The molecule has 0 spiro atoms. The van der Waals surface area contributed by atoms with Crippen LogP contribution in [0.3, 0.4) is 0 Å². The van der Waals surface area contributed by atoms with Crippen molar-refractivity contribution in [1.29, 1.82) is 0 Å². The van der Waals surface area contributed by atoms with Crippen LogP contribution in [-0.2, 0) is 9.47 Å². The molecule has 0 aliphatic heterocycles.